The van der Waals surface area contributed by atoms with Crippen LogP contribution in [0.1, 0.15) is 22.8 Å². The van der Waals surface area contributed by atoms with Crippen LogP contribution < -0.4 is 5.32 Å². The molecule has 1 aromatic rings. The Morgan fingerprint density at radius 1 is 1.33 bits per heavy atom. The topological polar surface area (TPSA) is 38.3 Å². The third kappa shape index (κ3) is 2.02. The van der Waals surface area contributed by atoms with Gasteiger partial charge in [0.15, 0.2) is 0 Å². The maximum Gasteiger partial charge on any atom is 0.246 e. The van der Waals surface area contributed by atoms with Crippen molar-refractivity contribution in [3.63, 3.8) is 0 Å². The van der Waals surface area contributed by atoms with E-state index in [2.05, 4.69) is 31.3 Å². The van der Waals surface area contributed by atoms with Crippen LogP contribution in [-0.2, 0) is 9.53 Å². The molecule has 1 N–H and O–H groups in total. The number of amides is 1. The van der Waals surface area contributed by atoms with Crippen LogP contribution >= 0.6 is 0 Å². The van der Waals surface area contributed by atoms with Crippen molar-refractivity contribution >= 4 is 5.91 Å². The molecule has 2 rings (SSSR count). The van der Waals surface area contributed by atoms with Gasteiger partial charge >= 0.3 is 0 Å². The molecule has 1 aromatic carbocycles. The summed E-state index contributed by atoms with van der Waals surface area (Å²) in [6.07, 6.45) is 0.00361. The second-order valence-electron chi connectivity index (χ2n) is 3.91. The molecule has 0 bridgehead atoms. The number of aryl methyl sites for hydroxylation is 2. The monoisotopic (exact) mass is 205 g/mol. The molecule has 15 heavy (non-hydrogen) atoms. The molecular weight excluding hydrogens is 190 g/mol. The fourth-order valence-corrected chi connectivity index (χ4v) is 2.01. The van der Waals surface area contributed by atoms with Gasteiger partial charge in [-0.2, -0.15) is 0 Å². The molecule has 0 unspecified atom stereocenters. The minimum absolute atomic E-state index is 0.00361. The Balaban J connectivity index is 2.26. The second kappa shape index (κ2) is 4.03. The van der Waals surface area contributed by atoms with Gasteiger partial charge in [0.25, 0.3) is 0 Å². The SMILES string of the molecule is Cc1cccc(C)c1[C@@H]1CNC(=O)CO1. The van der Waals surface area contributed by atoms with Gasteiger partial charge in [-0.25, -0.2) is 0 Å². The van der Waals surface area contributed by atoms with E-state index in [9.17, 15) is 4.79 Å². The van der Waals surface area contributed by atoms with Crippen molar-refractivity contribution in [3.05, 3.63) is 34.9 Å². The van der Waals surface area contributed by atoms with Crippen LogP contribution in [0.3, 0.4) is 0 Å². The van der Waals surface area contributed by atoms with Crippen molar-refractivity contribution in [2.75, 3.05) is 13.2 Å². The molecule has 3 heteroatoms. The van der Waals surface area contributed by atoms with Crippen LogP contribution in [0.4, 0.5) is 0 Å². The average molecular weight is 205 g/mol. The first-order chi connectivity index (χ1) is 7.18. The van der Waals surface area contributed by atoms with Crippen molar-refractivity contribution in [2.24, 2.45) is 0 Å². The molecule has 1 atom stereocenters. The molecular formula is C12H15NO2. The first-order valence-electron chi connectivity index (χ1n) is 5.13. The highest BCUT2D eigenvalue weighted by Crippen LogP contribution is 2.25. The Morgan fingerprint density at radius 3 is 2.53 bits per heavy atom. The van der Waals surface area contributed by atoms with E-state index in [0.717, 1.165) is 0 Å². The Bertz CT molecular complexity index is 357. The van der Waals surface area contributed by atoms with E-state index in [1.807, 2.05) is 6.07 Å². The summed E-state index contributed by atoms with van der Waals surface area (Å²) in [7, 11) is 0. The molecule has 1 aliphatic heterocycles. The minimum atomic E-state index is -0.0301. The van der Waals surface area contributed by atoms with Gasteiger partial charge in [-0.3, -0.25) is 4.79 Å². The minimum Gasteiger partial charge on any atom is -0.362 e. The van der Waals surface area contributed by atoms with Crippen LogP contribution in [0.2, 0.25) is 0 Å². The highest BCUT2D eigenvalue weighted by Gasteiger charge is 2.22. The summed E-state index contributed by atoms with van der Waals surface area (Å²) in [5.74, 6) is -0.0301. The number of carbonyl (C=O) groups excluding carboxylic acids is 1. The lowest BCUT2D eigenvalue weighted by atomic mass is 9.97. The van der Waals surface area contributed by atoms with E-state index in [4.69, 9.17) is 4.74 Å². The smallest absolute Gasteiger partial charge is 0.246 e. The molecule has 0 aromatic heterocycles. The van der Waals surface area contributed by atoms with E-state index < -0.39 is 0 Å². The number of rotatable bonds is 1. The van der Waals surface area contributed by atoms with Gasteiger partial charge in [-0.05, 0) is 30.5 Å². The number of nitrogens with one attached hydrogen (secondary N) is 1. The van der Waals surface area contributed by atoms with Gasteiger partial charge < -0.3 is 10.1 Å². The maximum atomic E-state index is 11.0. The molecule has 1 fully saturated rings. The van der Waals surface area contributed by atoms with Crippen molar-refractivity contribution in [2.45, 2.75) is 20.0 Å². The number of hydrogen-bond donors (Lipinski definition) is 1. The standard InChI is InChI=1S/C12H15NO2/c1-8-4-3-5-9(2)12(8)10-6-13-11(14)7-15-10/h3-5,10H,6-7H2,1-2H3,(H,13,14)/t10-/m0/s1. The molecule has 0 spiro atoms. The van der Waals surface area contributed by atoms with Crippen molar-refractivity contribution in [1.29, 1.82) is 0 Å². The van der Waals surface area contributed by atoms with Gasteiger partial charge in [0, 0.05) is 6.54 Å². The molecule has 1 heterocycles. The summed E-state index contributed by atoms with van der Waals surface area (Å²) in [6, 6.07) is 6.18. The average Bonchev–Trinajstić information content (AvgIpc) is 2.20. The first-order valence-corrected chi connectivity index (χ1v) is 5.13. The highest BCUT2D eigenvalue weighted by molar-refractivity contribution is 5.77. The highest BCUT2D eigenvalue weighted by atomic mass is 16.5. The summed E-state index contributed by atoms with van der Waals surface area (Å²) in [5, 5.41) is 2.82. The van der Waals surface area contributed by atoms with Crippen LogP contribution in [0.25, 0.3) is 0 Å². The Labute approximate surface area is 89.4 Å². The zero-order valence-electron chi connectivity index (χ0n) is 9.04. The Kier molecular flexibility index (Phi) is 2.73. The normalized spacial score (nSPS) is 21.2. The predicted octanol–water partition coefficient (Wildman–Crippen LogP) is 1.49. The lowest BCUT2D eigenvalue weighted by Gasteiger charge is -2.26. The fourth-order valence-electron chi connectivity index (χ4n) is 2.01. The number of benzene rings is 1. The zero-order chi connectivity index (χ0) is 10.8. The Morgan fingerprint density at radius 2 is 2.00 bits per heavy atom. The summed E-state index contributed by atoms with van der Waals surface area (Å²) < 4.78 is 5.53. The van der Waals surface area contributed by atoms with Gasteiger partial charge in [0.1, 0.15) is 12.7 Å². The lowest BCUT2D eigenvalue weighted by Crippen LogP contribution is -2.39. The fraction of sp³-hybridized carbons (Fsp3) is 0.417. The second-order valence-corrected chi connectivity index (χ2v) is 3.91. The Hall–Kier alpha value is -1.35. The molecule has 80 valence electrons. The van der Waals surface area contributed by atoms with Crippen LogP contribution in [0, 0.1) is 13.8 Å². The van der Waals surface area contributed by atoms with E-state index in [-0.39, 0.29) is 18.6 Å². The van der Waals surface area contributed by atoms with Gasteiger partial charge in [0.2, 0.25) is 5.91 Å². The largest absolute Gasteiger partial charge is 0.362 e. The summed E-state index contributed by atoms with van der Waals surface area (Å²) in [6.45, 7) is 4.88. The lowest BCUT2D eigenvalue weighted by molar-refractivity contribution is -0.133. The molecule has 1 amide bonds. The van der Waals surface area contributed by atoms with Crippen LogP contribution in [0.5, 0.6) is 0 Å². The van der Waals surface area contributed by atoms with E-state index in [1.165, 1.54) is 16.7 Å². The summed E-state index contributed by atoms with van der Waals surface area (Å²) in [4.78, 5) is 11.0. The molecule has 1 saturated heterocycles. The summed E-state index contributed by atoms with van der Waals surface area (Å²) >= 11 is 0. The van der Waals surface area contributed by atoms with Crippen molar-refractivity contribution < 1.29 is 9.53 Å². The van der Waals surface area contributed by atoms with Gasteiger partial charge in [-0.1, -0.05) is 18.2 Å². The summed E-state index contributed by atoms with van der Waals surface area (Å²) in [5.41, 5.74) is 3.64. The van der Waals surface area contributed by atoms with Crippen molar-refractivity contribution in [1.82, 2.24) is 5.32 Å². The molecule has 1 aliphatic rings. The quantitative estimate of drug-likeness (QED) is 0.754. The third-order valence-electron chi connectivity index (χ3n) is 2.76. The van der Waals surface area contributed by atoms with E-state index in [0.29, 0.717) is 6.54 Å². The van der Waals surface area contributed by atoms with Gasteiger partial charge in [-0.15, -0.1) is 0 Å². The maximum absolute atomic E-state index is 11.0. The molecule has 0 radical (unpaired) electrons. The third-order valence-corrected chi connectivity index (χ3v) is 2.76. The predicted molar refractivity (Wildman–Crippen MR) is 57.6 cm³/mol. The first kappa shape index (κ1) is 10.2. The van der Waals surface area contributed by atoms with Crippen molar-refractivity contribution in [3.8, 4) is 0 Å². The van der Waals surface area contributed by atoms with Crippen LogP contribution in [0.15, 0.2) is 18.2 Å². The number of carbonyl (C=O) groups is 1. The van der Waals surface area contributed by atoms with E-state index >= 15 is 0 Å². The van der Waals surface area contributed by atoms with Gasteiger partial charge in [0.05, 0.1) is 0 Å². The van der Waals surface area contributed by atoms with Crippen LogP contribution in [-0.4, -0.2) is 19.1 Å². The molecule has 3 nitrogen and oxygen atoms in total. The molecule has 0 aliphatic carbocycles. The molecule has 0 saturated carbocycles. The number of hydrogen-bond acceptors (Lipinski definition) is 2. The zero-order valence-corrected chi connectivity index (χ0v) is 9.04. The number of morpholine rings is 1. The number of ether oxygens (including phenoxy) is 1. The van der Waals surface area contributed by atoms with E-state index in [1.54, 1.807) is 0 Å².